The molecule has 6 heteroatoms. The number of carbonyl (C=O) groups is 1. The van der Waals surface area contributed by atoms with Crippen LogP contribution in [0.15, 0.2) is 57.6 Å². The van der Waals surface area contributed by atoms with Crippen LogP contribution in [0, 0.1) is 0 Å². The predicted octanol–water partition coefficient (Wildman–Crippen LogP) is 4.98. The average molecular weight is 430 g/mol. The molecule has 0 amide bonds. The van der Waals surface area contributed by atoms with E-state index in [1.54, 1.807) is 6.08 Å². The van der Waals surface area contributed by atoms with Crippen LogP contribution in [0.5, 0.6) is 11.5 Å². The first-order valence-electron chi connectivity index (χ1n) is 8.79. The van der Waals surface area contributed by atoms with Gasteiger partial charge in [-0.05, 0) is 65.2 Å². The number of esters is 1. The molecule has 0 unspecified atom stereocenters. The molecule has 0 bridgehead atoms. The van der Waals surface area contributed by atoms with E-state index < -0.39 is 5.97 Å². The van der Waals surface area contributed by atoms with E-state index in [0.717, 1.165) is 22.0 Å². The Balaban J connectivity index is 1.90. The van der Waals surface area contributed by atoms with Crippen molar-refractivity contribution in [1.82, 2.24) is 0 Å². The van der Waals surface area contributed by atoms with Gasteiger partial charge in [0.05, 0.1) is 18.8 Å². The maximum absolute atomic E-state index is 12.2. The van der Waals surface area contributed by atoms with Crippen molar-refractivity contribution in [3.05, 3.63) is 63.8 Å². The summed E-state index contributed by atoms with van der Waals surface area (Å²) in [6, 6.07) is 13.0. The van der Waals surface area contributed by atoms with Crippen LogP contribution < -0.4 is 9.47 Å². The second kappa shape index (κ2) is 8.86. The molecule has 3 rings (SSSR count). The fourth-order valence-electron chi connectivity index (χ4n) is 2.53. The van der Waals surface area contributed by atoms with Crippen molar-refractivity contribution in [3.63, 3.8) is 0 Å². The number of aliphatic imine (C=N–C) groups is 1. The Morgan fingerprint density at radius 2 is 1.93 bits per heavy atom. The van der Waals surface area contributed by atoms with Crippen molar-refractivity contribution in [2.45, 2.75) is 20.3 Å². The molecule has 0 atom stereocenters. The van der Waals surface area contributed by atoms with Crippen LogP contribution in [0.4, 0.5) is 0 Å². The molecule has 0 fully saturated rings. The van der Waals surface area contributed by atoms with Crippen LogP contribution >= 0.6 is 15.9 Å². The first-order valence-corrected chi connectivity index (χ1v) is 9.58. The third-order valence-corrected chi connectivity index (χ3v) is 4.45. The molecule has 0 saturated carbocycles. The molecule has 2 aromatic carbocycles. The van der Waals surface area contributed by atoms with E-state index >= 15 is 0 Å². The maximum Gasteiger partial charge on any atom is 0.363 e. The SMILES string of the molecule is CCCOc1ccc(/C=C2\N=C(c3ccccc3Br)OC2=O)cc1OCC. The fourth-order valence-corrected chi connectivity index (χ4v) is 2.99. The van der Waals surface area contributed by atoms with Gasteiger partial charge in [0, 0.05) is 4.47 Å². The second-order valence-electron chi connectivity index (χ2n) is 5.80. The number of ether oxygens (including phenoxy) is 3. The lowest BCUT2D eigenvalue weighted by molar-refractivity contribution is -0.129. The van der Waals surface area contributed by atoms with E-state index in [1.165, 1.54) is 0 Å². The van der Waals surface area contributed by atoms with E-state index in [-0.39, 0.29) is 11.6 Å². The summed E-state index contributed by atoms with van der Waals surface area (Å²) in [5.41, 5.74) is 1.75. The topological polar surface area (TPSA) is 57.1 Å². The number of cyclic esters (lactones) is 1. The van der Waals surface area contributed by atoms with Gasteiger partial charge < -0.3 is 14.2 Å². The lowest BCUT2D eigenvalue weighted by Crippen LogP contribution is -2.05. The van der Waals surface area contributed by atoms with Crippen molar-refractivity contribution in [3.8, 4) is 11.5 Å². The van der Waals surface area contributed by atoms with E-state index in [9.17, 15) is 4.79 Å². The minimum absolute atomic E-state index is 0.241. The fraction of sp³-hybridized carbons (Fsp3) is 0.238. The summed E-state index contributed by atoms with van der Waals surface area (Å²) in [4.78, 5) is 16.6. The molecule has 5 nitrogen and oxygen atoms in total. The number of hydrogen-bond donors (Lipinski definition) is 0. The summed E-state index contributed by atoms with van der Waals surface area (Å²) < 4.78 is 17.5. The molecule has 0 aromatic heterocycles. The molecule has 2 aromatic rings. The predicted molar refractivity (Wildman–Crippen MR) is 108 cm³/mol. The number of hydrogen-bond acceptors (Lipinski definition) is 5. The Bertz CT molecular complexity index is 905. The highest BCUT2D eigenvalue weighted by atomic mass is 79.9. The molecule has 0 saturated heterocycles. The van der Waals surface area contributed by atoms with Gasteiger partial charge >= 0.3 is 5.97 Å². The van der Waals surface area contributed by atoms with Crippen LogP contribution in [0.2, 0.25) is 0 Å². The second-order valence-corrected chi connectivity index (χ2v) is 6.66. The largest absolute Gasteiger partial charge is 0.490 e. The monoisotopic (exact) mass is 429 g/mol. The first-order chi connectivity index (χ1) is 13.1. The third-order valence-electron chi connectivity index (χ3n) is 3.76. The third kappa shape index (κ3) is 4.57. The van der Waals surface area contributed by atoms with Gasteiger partial charge in [0.25, 0.3) is 0 Å². The molecule has 0 N–H and O–H groups in total. The average Bonchev–Trinajstić information content (AvgIpc) is 3.02. The van der Waals surface area contributed by atoms with Gasteiger partial charge in [-0.25, -0.2) is 9.79 Å². The molecule has 27 heavy (non-hydrogen) atoms. The van der Waals surface area contributed by atoms with Crippen molar-refractivity contribution in [2.75, 3.05) is 13.2 Å². The molecule has 0 aliphatic carbocycles. The maximum atomic E-state index is 12.2. The van der Waals surface area contributed by atoms with Crippen LogP contribution in [0.1, 0.15) is 31.4 Å². The molecular weight excluding hydrogens is 410 g/mol. The van der Waals surface area contributed by atoms with Crippen LogP contribution in [-0.4, -0.2) is 25.1 Å². The Morgan fingerprint density at radius 1 is 1.11 bits per heavy atom. The smallest absolute Gasteiger partial charge is 0.363 e. The van der Waals surface area contributed by atoms with Crippen LogP contribution in [-0.2, 0) is 9.53 Å². The molecule has 0 spiro atoms. The molecular formula is C21H20BrNO4. The standard InChI is InChI=1S/C21H20BrNO4/c1-3-11-26-18-10-9-14(13-19(18)25-4-2)12-17-21(24)27-20(23-17)15-7-5-6-8-16(15)22/h5-10,12-13H,3-4,11H2,1-2H3/b17-12-. The summed E-state index contributed by atoms with van der Waals surface area (Å²) >= 11 is 3.45. The quantitative estimate of drug-likeness (QED) is 0.459. The van der Waals surface area contributed by atoms with E-state index in [2.05, 4.69) is 20.9 Å². The van der Waals surface area contributed by atoms with Crippen LogP contribution in [0.3, 0.4) is 0 Å². The zero-order valence-electron chi connectivity index (χ0n) is 15.2. The molecule has 1 heterocycles. The zero-order valence-corrected chi connectivity index (χ0v) is 16.8. The van der Waals surface area contributed by atoms with Crippen LogP contribution in [0.25, 0.3) is 6.08 Å². The zero-order chi connectivity index (χ0) is 19.2. The van der Waals surface area contributed by atoms with Gasteiger partial charge in [-0.3, -0.25) is 0 Å². The van der Waals surface area contributed by atoms with Gasteiger partial charge in [0.15, 0.2) is 17.2 Å². The number of carbonyl (C=O) groups excluding carboxylic acids is 1. The van der Waals surface area contributed by atoms with E-state index in [0.29, 0.717) is 24.7 Å². The lowest BCUT2D eigenvalue weighted by atomic mass is 10.1. The van der Waals surface area contributed by atoms with Crippen molar-refractivity contribution < 1.29 is 19.0 Å². The van der Waals surface area contributed by atoms with Gasteiger partial charge in [0.1, 0.15) is 0 Å². The summed E-state index contributed by atoms with van der Waals surface area (Å²) in [5.74, 6) is 1.13. The van der Waals surface area contributed by atoms with Gasteiger partial charge in [-0.15, -0.1) is 0 Å². The molecule has 1 aliphatic rings. The summed E-state index contributed by atoms with van der Waals surface area (Å²) in [6.07, 6.45) is 2.59. The normalized spacial score (nSPS) is 14.9. The van der Waals surface area contributed by atoms with Crippen molar-refractivity contribution in [1.29, 1.82) is 0 Å². The van der Waals surface area contributed by atoms with E-state index in [1.807, 2.05) is 56.3 Å². The Morgan fingerprint density at radius 3 is 2.67 bits per heavy atom. The molecule has 0 radical (unpaired) electrons. The number of rotatable bonds is 7. The van der Waals surface area contributed by atoms with Crippen molar-refractivity contribution in [2.24, 2.45) is 4.99 Å². The summed E-state index contributed by atoms with van der Waals surface area (Å²) in [6.45, 7) is 5.10. The van der Waals surface area contributed by atoms with Crippen molar-refractivity contribution >= 4 is 33.9 Å². The summed E-state index contributed by atoms with van der Waals surface area (Å²) in [7, 11) is 0. The molecule has 140 valence electrons. The Labute approximate surface area is 166 Å². The highest BCUT2D eigenvalue weighted by Crippen LogP contribution is 2.30. The van der Waals surface area contributed by atoms with E-state index in [4.69, 9.17) is 14.2 Å². The lowest BCUT2D eigenvalue weighted by Gasteiger charge is -2.12. The summed E-state index contributed by atoms with van der Waals surface area (Å²) in [5, 5.41) is 0. The number of halogens is 1. The Kier molecular flexibility index (Phi) is 6.29. The molecule has 1 aliphatic heterocycles. The first kappa shape index (κ1) is 19.2. The van der Waals surface area contributed by atoms with Gasteiger partial charge in [0.2, 0.25) is 5.90 Å². The highest BCUT2D eigenvalue weighted by molar-refractivity contribution is 9.10. The number of nitrogens with zero attached hydrogens (tertiary/aromatic N) is 1. The minimum Gasteiger partial charge on any atom is -0.490 e. The Hall–Kier alpha value is -2.60. The highest BCUT2D eigenvalue weighted by Gasteiger charge is 2.25. The minimum atomic E-state index is -0.481. The van der Waals surface area contributed by atoms with Gasteiger partial charge in [-0.1, -0.05) is 25.1 Å². The number of benzene rings is 2. The van der Waals surface area contributed by atoms with Gasteiger partial charge in [-0.2, -0.15) is 0 Å².